The van der Waals surface area contributed by atoms with Crippen molar-refractivity contribution in [2.45, 2.75) is 6.42 Å². The second kappa shape index (κ2) is 5.63. The zero-order valence-electron chi connectivity index (χ0n) is 9.58. The van der Waals surface area contributed by atoms with Crippen LogP contribution in [0, 0.1) is 16.7 Å². The molecule has 1 fully saturated rings. The summed E-state index contributed by atoms with van der Waals surface area (Å²) in [6.07, 6.45) is 0.982. The first-order valence-electron chi connectivity index (χ1n) is 5.68. The topological polar surface area (TPSA) is 45.0 Å². The first kappa shape index (κ1) is 12.6. The quantitative estimate of drug-likeness (QED) is 0.846. The average Bonchev–Trinajstić information content (AvgIpc) is 2.30. The molecule has 1 saturated heterocycles. The van der Waals surface area contributed by atoms with Crippen molar-refractivity contribution in [3.05, 3.63) is 34.3 Å². The summed E-state index contributed by atoms with van der Waals surface area (Å²) in [7, 11) is 0. The van der Waals surface area contributed by atoms with Crippen LogP contribution in [0.2, 0.25) is 0 Å². The summed E-state index contributed by atoms with van der Waals surface area (Å²) in [4.78, 5) is 0. The summed E-state index contributed by atoms with van der Waals surface area (Å²) >= 11 is 3.41. The fourth-order valence-corrected chi connectivity index (χ4v) is 2.03. The number of hydrogen-bond donors (Lipinski definition) is 1. The second-order valence-electron chi connectivity index (χ2n) is 4.44. The Bertz CT molecular complexity index is 406. The van der Waals surface area contributed by atoms with E-state index in [9.17, 15) is 0 Å². The van der Waals surface area contributed by atoms with E-state index in [2.05, 4.69) is 39.4 Å². The van der Waals surface area contributed by atoms with Crippen molar-refractivity contribution in [2.75, 3.05) is 26.3 Å². The molecule has 17 heavy (non-hydrogen) atoms. The minimum atomic E-state index is -0.278. The van der Waals surface area contributed by atoms with E-state index >= 15 is 0 Å². The standard InChI is InChI=1S/C13H15BrN2O/c14-12-3-1-11(2-4-12)5-6-16-8-13(7-15)9-17-10-13/h1-4,16H,5-6,8-10H2. The first-order valence-corrected chi connectivity index (χ1v) is 6.48. The lowest BCUT2D eigenvalue weighted by atomic mass is 9.88. The van der Waals surface area contributed by atoms with Crippen LogP contribution in [0.4, 0.5) is 0 Å². The van der Waals surface area contributed by atoms with E-state index in [0.29, 0.717) is 13.2 Å². The van der Waals surface area contributed by atoms with Crippen molar-refractivity contribution in [2.24, 2.45) is 5.41 Å². The molecule has 1 aromatic rings. The normalized spacial score (nSPS) is 17.2. The number of ether oxygens (including phenoxy) is 1. The molecule has 0 atom stereocenters. The Labute approximate surface area is 110 Å². The van der Waals surface area contributed by atoms with Gasteiger partial charge >= 0.3 is 0 Å². The summed E-state index contributed by atoms with van der Waals surface area (Å²) in [5.74, 6) is 0. The number of nitrogens with zero attached hydrogens (tertiary/aromatic N) is 1. The molecule has 90 valence electrons. The van der Waals surface area contributed by atoms with Gasteiger partial charge in [0.25, 0.3) is 0 Å². The van der Waals surface area contributed by atoms with Crippen LogP contribution in [-0.4, -0.2) is 26.3 Å². The molecule has 2 rings (SSSR count). The van der Waals surface area contributed by atoms with E-state index in [1.165, 1.54) is 5.56 Å². The SMILES string of the molecule is N#CC1(CNCCc2ccc(Br)cc2)COC1. The van der Waals surface area contributed by atoms with Crippen LogP contribution in [-0.2, 0) is 11.2 Å². The molecule has 0 unspecified atom stereocenters. The van der Waals surface area contributed by atoms with Gasteiger partial charge in [0.2, 0.25) is 0 Å². The summed E-state index contributed by atoms with van der Waals surface area (Å²) in [5, 5.41) is 12.3. The van der Waals surface area contributed by atoms with Crippen molar-refractivity contribution in [3.63, 3.8) is 0 Å². The lowest BCUT2D eigenvalue weighted by Crippen LogP contribution is -2.48. The monoisotopic (exact) mass is 294 g/mol. The predicted octanol–water partition coefficient (Wildman–Crippen LogP) is 2.12. The lowest BCUT2D eigenvalue weighted by Gasteiger charge is -2.35. The maximum absolute atomic E-state index is 9.01. The summed E-state index contributed by atoms with van der Waals surface area (Å²) < 4.78 is 6.19. The van der Waals surface area contributed by atoms with E-state index in [1.807, 2.05) is 12.1 Å². The number of nitrogens with one attached hydrogen (secondary N) is 1. The molecular formula is C13H15BrN2O. The van der Waals surface area contributed by atoms with Gasteiger partial charge in [-0.2, -0.15) is 5.26 Å². The molecule has 4 heteroatoms. The summed E-state index contributed by atoms with van der Waals surface area (Å²) in [5.41, 5.74) is 1.02. The minimum Gasteiger partial charge on any atom is -0.378 e. The largest absolute Gasteiger partial charge is 0.378 e. The Morgan fingerprint density at radius 2 is 2.06 bits per heavy atom. The molecule has 1 N–H and O–H groups in total. The van der Waals surface area contributed by atoms with Gasteiger partial charge in [0.15, 0.2) is 0 Å². The van der Waals surface area contributed by atoms with Crippen molar-refractivity contribution in [1.82, 2.24) is 5.32 Å². The van der Waals surface area contributed by atoms with Crippen LogP contribution in [0.25, 0.3) is 0 Å². The van der Waals surface area contributed by atoms with E-state index in [4.69, 9.17) is 10.00 Å². The van der Waals surface area contributed by atoms with Gasteiger partial charge in [-0.05, 0) is 30.7 Å². The zero-order chi connectivity index (χ0) is 12.1. The van der Waals surface area contributed by atoms with Crippen molar-refractivity contribution in [3.8, 4) is 6.07 Å². The molecule has 0 aromatic heterocycles. The molecule has 0 bridgehead atoms. The number of hydrogen-bond acceptors (Lipinski definition) is 3. The van der Waals surface area contributed by atoms with Gasteiger partial charge in [0, 0.05) is 11.0 Å². The van der Waals surface area contributed by atoms with Gasteiger partial charge in [-0.15, -0.1) is 0 Å². The zero-order valence-corrected chi connectivity index (χ0v) is 11.2. The first-order chi connectivity index (χ1) is 8.24. The molecule has 3 nitrogen and oxygen atoms in total. The fourth-order valence-electron chi connectivity index (χ4n) is 1.77. The third kappa shape index (κ3) is 3.29. The third-order valence-electron chi connectivity index (χ3n) is 2.96. The molecule has 0 saturated carbocycles. The number of benzene rings is 1. The molecular weight excluding hydrogens is 280 g/mol. The molecule has 0 aliphatic carbocycles. The van der Waals surface area contributed by atoms with Gasteiger partial charge in [-0.3, -0.25) is 0 Å². The van der Waals surface area contributed by atoms with Crippen LogP contribution in [0.5, 0.6) is 0 Å². The average molecular weight is 295 g/mol. The Balaban J connectivity index is 1.70. The van der Waals surface area contributed by atoms with Gasteiger partial charge in [0.05, 0.1) is 19.3 Å². The Morgan fingerprint density at radius 3 is 2.59 bits per heavy atom. The minimum absolute atomic E-state index is 0.278. The summed E-state index contributed by atoms with van der Waals surface area (Å²) in [6, 6.07) is 10.6. The highest BCUT2D eigenvalue weighted by molar-refractivity contribution is 9.10. The molecule has 0 amide bonds. The molecule has 1 aliphatic heterocycles. The van der Waals surface area contributed by atoms with Crippen molar-refractivity contribution < 1.29 is 4.74 Å². The lowest BCUT2D eigenvalue weighted by molar-refractivity contribution is -0.0752. The number of nitriles is 1. The van der Waals surface area contributed by atoms with Crippen LogP contribution in [0.3, 0.4) is 0 Å². The van der Waals surface area contributed by atoms with E-state index in [-0.39, 0.29) is 5.41 Å². The highest BCUT2D eigenvalue weighted by Crippen LogP contribution is 2.25. The number of halogens is 1. The fraction of sp³-hybridized carbons (Fsp3) is 0.462. The van der Waals surface area contributed by atoms with Crippen LogP contribution in [0.1, 0.15) is 5.56 Å². The highest BCUT2D eigenvalue weighted by atomic mass is 79.9. The Kier molecular flexibility index (Phi) is 4.16. The Morgan fingerprint density at radius 1 is 1.35 bits per heavy atom. The van der Waals surface area contributed by atoms with Crippen LogP contribution >= 0.6 is 15.9 Å². The molecule has 0 radical (unpaired) electrons. The van der Waals surface area contributed by atoms with Gasteiger partial charge in [-0.25, -0.2) is 0 Å². The van der Waals surface area contributed by atoms with Crippen LogP contribution < -0.4 is 5.32 Å². The van der Waals surface area contributed by atoms with Gasteiger partial charge in [-0.1, -0.05) is 28.1 Å². The highest BCUT2D eigenvalue weighted by Gasteiger charge is 2.38. The third-order valence-corrected chi connectivity index (χ3v) is 3.49. The van der Waals surface area contributed by atoms with E-state index < -0.39 is 0 Å². The maximum atomic E-state index is 9.01. The van der Waals surface area contributed by atoms with Crippen LogP contribution in [0.15, 0.2) is 28.7 Å². The van der Waals surface area contributed by atoms with Crippen molar-refractivity contribution in [1.29, 1.82) is 5.26 Å². The van der Waals surface area contributed by atoms with Gasteiger partial charge < -0.3 is 10.1 Å². The molecule has 0 spiro atoms. The molecule has 1 heterocycles. The molecule has 1 aromatic carbocycles. The predicted molar refractivity (Wildman–Crippen MR) is 69.6 cm³/mol. The van der Waals surface area contributed by atoms with E-state index in [0.717, 1.165) is 24.0 Å². The van der Waals surface area contributed by atoms with Crippen molar-refractivity contribution >= 4 is 15.9 Å². The molecule has 1 aliphatic rings. The van der Waals surface area contributed by atoms with Gasteiger partial charge in [0.1, 0.15) is 5.41 Å². The maximum Gasteiger partial charge on any atom is 0.116 e. The summed E-state index contributed by atoms with van der Waals surface area (Å²) in [6.45, 7) is 2.74. The smallest absolute Gasteiger partial charge is 0.116 e. The number of rotatable bonds is 5. The Hall–Kier alpha value is -0.890. The van der Waals surface area contributed by atoms with E-state index in [1.54, 1.807) is 0 Å². The second-order valence-corrected chi connectivity index (χ2v) is 5.35.